The number of hydrogen-bond donors (Lipinski definition) is 2. The Morgan fingerprint density at radius 1 is 1.12 bits per heavy atom. The maximum atomic E-state index is 10.8. The minimum absolute atomic E-state index is 0.214. The second-order valence-electron chi connectivity index (χ2n) is 3.85. The average Bonchev–Trinajstić information content (AvgIpc) is 2.27. The Labute approximate surface area is 93.0 Å². The van der Waals surface area contributed by atoms with Gasteiger partial charge in [-0.15, -0.1) is 0 Å². The third kappa shape index (κ3) is 1.84. The van der Waals surface area contributed by atoms with E-state index in [-0.39, 0.29) is 5.75 Å². The SMILES string of the molecule is CC(C(=O)O)c1ccc2cc(O)ccc2c1. The lowest BCUT2D eigenvalue weighted by Crippen LogP contribution is -2.06. The Morgan fingerprint density at radius 2 is 1.75 bits per heavy atom. The number of benzene rings is 2. The van der Waals surface area contributed by atoms with Crippen molar-refractivity contribution in [3.63, 3.8) is 0 Å². The van der Waals surface area contributed by atoms with Gasteiger partial charge in [-0.2, -0.15) is 0 Å². The molecule has 2 N–H and O–H groups in total. The van der Waals surface area contributed by atoms with Gasteiger partial charge in [0.25, 0.3) is 0 Å². The van der Waals surface area contributed by atoms with Crippen molar-refractivity contribution in [2.45, 2.75) is 12.8 Å². The first-order valence-corrected chi connectivity index (χ1v) is 5.03. The summed E-state index contributed by atoms with van der Waals surface area (Å²) in [6.07, 6.45) is 0. The van der Waals surface area contributed by atoms with Crippen LogP contribution in [-0.2, 0) is 4.79 Å². The molecule has 0 heterocycles. The van der Waals surface area contributed by atoms with Gasteiger partial charge in [0, 0.05) is 0 Å². The fraction of sp³-hybridized carbons (Fsp3) is 0.154. The number of rotatable bonds is 2. The van der Waals surface area contributed by atoms with Crippen molar-refractivity contribution < 1.29 is 15.0 Å². The zero-order chi connectivity index (χ0) is 11.7. The first-order valence-electron chi connectivity index (χ1n) is 5.03. The summed E-state index contributed by atoms with van der Waals surface area (Å²) in [5.74, 6) is -1.14. The van der Waals surface area contributed by atoms with Crippen LogP contribution in [0, 0.1) is 0 Å². The number of hydrogen-bond acceptors (Lipinski definition) is 2. The summed E-state index contributed by atoms with van der Waals surface area (Å²) >= 11 is 0. The predicted molar refractivity (Wildman–Crippen MR) is 61.7 cm³/mol. The van der Waals surface area contributed by atoms with E-state index in [9.17, 15) is 9.90 Å². The lowest BCUT2D eigenvalue weighted by atomic mass is 9.98. The van der Waals surface area contributed by atoms with Crippen LogP contribution in [0.25, 0.3) is 10.8 Å². The van der Waals surface area contributed by atoms with Crippen molar-refractivity contribution in [2.24, 2.45) is 0 Å². The Morgan fingerprint density at radius 3 is 2.44 bits per heavy atom. The van der Waals surface area contributed by atoms with E-state index in [4.69, 9.17) is 5.11 Å². The van der Waals surface area contributed by atoms with Gasteiger partial charge in [0.1, 0.15) is 5.75 Å². The highest BCUT2D eigenvalue weighted by Crippen LogP contribution is 2.24. The van der Waals surface area contributed by atoms with E-state index in [0.29, 0.717) is 0 Å². The Bertz CT molecular complexity index is 546. The van der Waals surface area contributed by atoms with E-state index in [1.807, 2.05) is 12.1 Å². The van der Waals surface area contributed by atoms with Crippen molar-refractivity contribution >= 4 is 16.7 Å². The molecule has 0 fully saturated rings. The molecule has 0 aliphatic carbocycles. The summed E-state index contributed by atoms with van der Waals surface area (Å²) in [6.45, 7) is 1.66. The quantitative estimate of drug-likeness (QED) is 0.811. The van der Waals surface area contributed by atoms with E-state index in [1.54, 1.807) is 31.2 Å². The molecule has 0 saturated carbocycles. The minimum Gasteiger partial charge on any atom is -0.508 e. The first-order chi connectivity index (χ1) is 7.58. The standard InChI is InChI=1S/C13H12O3/c1-8(13(15)16)9-2-3-11-7-12(14)5-4-10(11)6-9/h2-8,14H,1H3,(H,15,16). The molecule has 0 spiro atoms. The van der Waals surface area contributed by atoms with Crippen molar-refractivity contribution in [1.82, 2.24) is 0 Å². The minimum atomic E-state index is -0.835. The van der Waals surface area contributed by atoms with Crippen LogP contribution in [0.4, 0.5) is 0 Å². The number of phenolic OH excluding ortho intramolecular Hbond substituents is 1. The molecule has 2 aromatic rings. The molecule has 0 aliphatic heterocycles. The molecule has 0 saturated heterocycles. The third-order valence-electron chi connectivity index (χ3n) is 2.72. The van der Waals surface area contributed by atoms with Gasteiger partial charge in [0.2, 0.25) is 0 Å². The molecule has 0 amide bonds. The summed E-state index contributed by atoms with van der Waals surface area (Å²) < 4.78 is 0. The third-order valence-corrected chi connectivity index (χ3v) is 2.72. The van der Waals surface area contributed by atoms with Gasteiger partial charge in [0.05, 0.1) is 5.92 Å². The van der Waals surface area contributed by atoms with E-state index >= 15 is 0 Å². The smallest absolute Gasteiger partial charge is 0.310 e. The first kappa shape index (κ1) is 10.5. The molecule has 1 unspecified atom stereocenters. The van der Waals surface area contributed by atoms with Crippen molar-refractivity contribution in [1.29, 1.82) is 0 Å². The van der Waals surface area contributed by atoms with Gasteiger partial charge in [0.15, 0.2) is 0 Å². The van der Waals surface area contributed by atoms with Gasteiger partial charge < -0.3 is 10.2 Å². The van der Waals surface area contributed by atoms with Crippen molar-refractivity contribution in [3.05, 3.63) is 42.0 Å². The van der Waals surface area contributed by atoms with Crippen LogP contribution in [0.1, 0.15) is 18.4 Å². The molecule has 0 radical (unpaired) electrons. The second-order valence-corrected chi connectivity index (χ2v) is 3.85. The highest BCUT2D eigenvalue weighted by molar-refractivity contribution is 5.86. The zero-order valence-corrected chi connectivity index (χ0v) is 8.84. The number of phenols is 1. The molecule has 2 rings (SSSR count). The number of carboxylic acid groups (broad SMARTS) is 1. The van der Waals surface area contributed by atoms with Crippen LogP contribution in [0.15, 0.2) is 36.4 Å². The van der Waals surface area contributed by atoms with Crippen LogP contribution >= 0.6 is 0 Å². The normalized spacial score (nSPS) is 12.6. The van der Waals surface area contributed by atoms with Crippen LogP contribution in [0.3, 0.4) is 0 Å². The molecule has 1 atom stereocenters. The summed E-state index contributed by atoms with van der Waals surface area (Å²) in [5, 5.41) is 20.1. The Balaban J connectivity index is 2.52. The van der Waals surface area contributed by atoms with E-state index in [2.05, 4.69) is 0 Å². The van der Waals surface area contributed by atoms with Gasteiger partial charge in [-0.3, -0.25) is 4.79 Å². The Kier molecular flexibility index (Phi) is 2.52. The zero-order valence-electron chi connectivity index (χ0n) is 8.84. The van der Waals surface area contributed by atoms with Crippen molar-refractivity contribution in [3.8, 4) is 5.75 Å². The molecular weight excluding hydrogens is 204 g/mol. The number of carbonyl (C=O) groups is 1. The number of fused-ring (bicyclic) bond motifs is 1. The van der Waals surface area contributed by atoms with Gasteiger partial charge in [-0.1, -0.05) is 24.3 Å². The highest BCUT2D eigenvalue weighted by Gasteiger charge is 2.13. The van der Waals surface area contributed by atoms with E-state index in [0.717, 1.165) is 16.3 Å². The van der Waals surface area contributed by atoms with Gasteiger partial charge in [-0.05, 0) is 35.4 Å². The topological polar surface area (TPSA) is 57.5 Å². The lowest BCUT2D eigenvalue weighted by molar-refractivity contribution is -0.138. The fourth-order valence-corrected chi connectivity index (χ4v) is 1.66. The molecule has 3 heteroatoms. The predicted octanol–water partition coefficient (Wildman–Crippen LogP) is 2.73. The molecule has 82 valence electrons. The molecule has 0 bridgehead atoms. The second kappa shape index (κ2) is 3.85. The molecule has 0 aromatic heterocycles. The van der Waals surface area contributed by atoms with Crippen LogP contribution < -0.4 is 0 Å². The molecule has 0 aliphatic rings. The largest absolute Gasteiger partial charge is 0.508 e. The van der Waals surface area contributed by atoms with E-state index < -0.39 is 11.9 Å². The fourth-order valence-electron chi connectivity index (χ4n) is 1.66. The lowest BCUT2D eigenvalue weighted by Gasteiger charge is -2.08. The monoisotopic (exact) mass is 216 g/mol. The van der Waals surface area contributed by atoms with Crippen molar-refractivity contribution in [2.75, 3.05) is 0 Å². The van der Waals surface area contributed by atoms with Crippen LogP contribution in [0.2, 0.25) is 0 Å². The maximum absolute atomic E-state index is 10.8. The average molecular weight is 216 g/mol. The summed E-state index contributed by atoms with van der Waals surface area (Å²) in [5.41, 5.74) is 0.769. The highest BCUT2D eigenvalue weighted by atomic mass is 16.4. The summed E-state index contributed by atoms with van der Waals surface area (Å²) in [6, 6.07) is 10.5. The van der Waals surface area contributed by atoms with E-state index in [1.165, 1.54) is 0 Å². The summed E-state index contributed by atoms with van der Waals surface area (Å²) in [7, 11) is 0. The van der Waals surface area contributed by atoms with Gasteiger partial charge >= 0.3 is 5.97 Å². The van der Waals surface area contributed by atoms with Crippen LogP contribution in [-0.4, -0.2) is 16.2 Å². The number of aromatic hydroxyl groups is 1. The molecule has 3 nitrogen and oxygen atoms in total. The van der Waals surface area contributed by atoms with Gasteiger partial charge in [-0.25, -0.2) is 0 Å². The number of aliphatic carboxylic acids is 1. The summed E-state index contributed by atoms with van der Waals surface area (Å²) in [4.78, 5) is 10.8. The molecule has 2 aromatic carbocycles. The molecule has 16 heavy (non-hydrogen) atoms. The molecular formula is C13H12O3. The van der Waals surface area contributed by atoms with Crippen LogP contribution in [0.5, 0.6) is 5.75 Å². The Hall–Kier alpha value is -2.03. The maximum Gasteiger partial charge on any atom is 0.310 e. The number of carboxylic acids is 1.